The van der Waals surface area contributed by atoms with Gasteiger partial charge in [0.05, 0.1) is 10.6 Å². The van der Waals surface area contributed by atoms with Gasteiger partial charge in [-0.3, -0.25) is 13.9 Å². The number of sulfonamides is 1. The number of nitrogens with zero attached hydrogens (tertiary/aromatic N) is 2. The Morgan fingerprint density at radius 2 is 1.38 bits per heavy atom. The van der Waals surface area contributed by atoms with E-state index in [0.717, 1.165) is 4.31 Å². The molecule has 4 aromatic rings. The van der Waals surface area contributed by atoms with Gasteiger partial charge in [0.25, 0.3) is 10.0 Å². The molecule has 0 saturated heterocycles. The minimum absolute atomic E-state index is 0.0218. The molecule has 0 radical (unpaired) electrons. The topological polar surface area (TPSA) is 96.0 Å². The lowest BCUT2D eigenvalue weighted by Gasteiger charge is -2.34. The number of nitrogens with one attached hydrogen (secondary N) is 1. The van der Waals surface area contributed by atoms with Crippen molar-refractivity contribution in [2.24, 2.45) is 0 Å². The first-order valence-corrected chi connectivity index (χ1v) is 16.7. The SMILES string of the molecule is CC[C@@H](C)NC(=O)[C@@H](CC)N(Cc1ccccc1Cl)C(=O)CN(c1ccc(Oc2ccccc2)cc1)S(=O)(=O)c1ccccc1. The average Bonchev–Trinajstić information content (AvgIpc) is 3.05. The van der Waals surface area contributed by atoms with Gasteiger partial charge in [0.2, 0.25) is 11.8 Å². The molecular formula is C35H38ClN3O5S. The minimum Gasteiger partial charge on any atom is -0.457 e. The van der Waals surface area contributed by atoms with E-state index in [-0.39, 0.29) is 29.1 Å². The molecule has 4 aromatic carbocycles. The van der Waals surface area contributed by atoms with Crippen molar-refractivity contribution in [3.63, 3.8) is 0 Å². The third kappa shape index (κ3) is 8.65. The first kappa shape index (κ1) is 33.6. The second kappa shape index (κ2) is 15.6. The van der Waals surface area contributed by atoms with Crippen molar-refractivity contribution < 1.29 is 22.7 Å². The van der Waals surface area contributed by atoms with E-state index in [1.807, 2.05) is 51.1 Å². The number of benzene rings is 4. The molecule has 1 N–H and O–H groups in total. The molecule has 2 atom stereocenters. The maximum absolute atomic E-state index is 14.3. The molecule has 0 bridgehead atoms. The molecule has 0 aliphatic carbocycles. The fourth-order valence-electron chi connectivity index (χ4n) is 4.72. The summed E-state index contributed by atoms with van der Waals surface area (Å²) in [6.45, 7) is 5.14. The number of para-hydroxylation sites is 1. The van der Waals surface area contributed by atoms with E-state index < -0.39 is 28.5 Å². The molecule has 0 aliphatic heterocycles. The first-order chi connectivity index (χ1) is 21.6. The largest absolute Gasteiger partial charge is 0.457 e. The first-order valence-electron chi connectivity index (χ1n) is 14.9. The molecule has 0 spiro atoms. The molecule has 0 unspecified atom stereocenters. The maximum atomic E-state index is 14.3. The molecule has 0 fully saturated rings. The van der Waals surface area contributed by atoms with Crippen LogP contribution < -0.4 is 14.4 Å². The third-order valence-electron chi connectivity index (χ3n) is 7.40. The summed E-state index contributed by atoms with van der Waals surface area (Å²) in [5.74, 6) is 0.268. The second-order valence-electron chi connectivity index (χ2n) is 10.6. The molecule has 0 aromatic heterocycles. The van der Waals surface area contributed by atoms with Gasteiger partial charge in [-0.2, -0.15) is 0 Å². The summed E-state index contributed by atoms with van der Waals surface area (Å²) in [6, 6.07) is 29.8. The molecule has 45 heavy (non-hydrogen) atoms. The Balaban J connectivity index is 1.72. The number of ether oxygens (including phenoxy) is 1. The van der Waals surface area contributed by atoms with Crippen LogP contribution in [0.15, 0.2) is 114 Å². The molecule has 4 rings (SSSR count). The average molecular weight is 648 g/mol. The summed E-state index contributed by atoms with van der Waals surface area (Å²) in [4.78, 5) is 29.1. The zero-order valence-corrected chi connectivity index (χ0v) is 27.2. The molecule has 2 amide bonds. The lowest BCUT2D eigenvalue weighted by Crippen LogP contribution is -2.53. The quantitative estimate of drug-likeness (QED) is 0.158. The Morgan fingerprint density at radius 3 is 1.98 bits per heavy atom. The highest BCUT2D eigenvalue weighted by atomic mass is 35.5. The zero-order chi connectivity index (χ0) is 32.4. The van der Waals surface area contributed by atoms with Crippen LogP contribution in [0.5, 0.6) is 11.5 Å². The third-order valence-corrected chi connectivity index (χ3v) is 9.56. The van der Waals surface area contributed by atoms with Gasteiger partial charge in [-0.25, -0.2) is 8.42 Å². The summed E-state index contributed by atoms with van der Waals surface area (Å²) in [5.41, 5.74) is 0.907. The summed E-state index contributed by atoms with van der Waals surface area (Å²) in [5, 5.41) is 3.41. The van der Waals surface area contributed by atoms with Crippen molar-refractivity contribution in [3.05, 3.63) is 120 Å². The van der Waals surface area contributed by atoms with Crippen LogP contribution in [0.1, 0.15) is 39.2 Å². The molecule has 0 aliphatic rings. The van der Waals surface area contributed by atoms with E-state index in [4.69, 9.17) is 16.3 Å². The van der Waals surface area contributed by atoms with Gasteiger partial charge in [0.15, 0.2) is 0 Å². The smallest absolute Gasteiger partial charge is 0.264 e. The van der Waals surface area contributed by atoms with Crippen molar-refractivity contribution in [1.82, 2.24) is 10.2 Å². The maximum Gasteiger partial charge on any atom is 0.264 e. The Bertz CT molecular complexity index is 1670. The van der Waals surface area contributed by atoms with Crippen LogP contribution in [0.3, 0.4) is 0 Å². The van der Waals surface area contributed by atoms with Gasteiger partial charge in [-0.1, -0.05) is 80.0 Å². The number of hydrogen-bond donors (Lipinski definition) is 1. The predicted molar refractivity (Wildman–Crippen MR) is 178 cm³/mol. The normalized spacial score (nSPS) is 12.5. The summed E-state index contributed by atoms with van der Waals surface area (Å²) in [7, 11) is -4.19. The number of anilines is 1. The number of carbonyl (C=O) groups excluding carboxylic acids is 2. The van der Waals surface area contributed by atoms with Crippen LogP contribution in [-0.2, 0) is 26.2 Å². The van der Waals surface area contributed by atoms with Crippen LogP contribution in [0.25, 0.3) is 0 Å². The van der Waals surface area contributed by atoms with Crippen molar-refractivity contribution >= 4 is 39.1 Å². The number of carbonyl (C=O) groups is 2. The Labute approximate surface area is 270 Å². The number of amides is 2. The molecule has 8 nitrogen and oxygen atoms in total. The van der Waals surface area contributed by atoms with E-state index >= 15 is 0 Å². The van der Waals surface area contributed by atoms with Gasteiger partial charge >= 0.3 is 0 Å². The van der Waals surface area contributed by atoms with Gasteiger partial charge in [-0.15, -0.1) is 0 Å². The molecule has 0 saturated carbocycles. The number of hydrogen-bond acceptors (Lipinski definition) is 5. The van der Waals surface area contributed by atoms with Crippen LogP contribution in [0.4, 0.5) is 5.69 Å². The van der Waals surface area contributed by atoms with Crippen molar-refractivity contribution in [2.75, 3.05) is 10.8 Å². The molecule has 236 valence electrons. The number of halogens is 1. The Hall–Kier alpha value is -4.34. The van der Waals surface area contributed by atoms with Crippen LogP contribution >= 0.6 is 11.6 Å². The highest BCUT2D eigenvalue weighted by Gasteiger charge is 2.34. The molecule has 10 heteroatoms. The summed E-state index contributed by atoms with van der Waals surface area (Å²) in [6.07, 6.45) is 1.03. The zero-order valence-electron chi connectivity index (χ0n) is 25.6. The number of rotatable bonds is 14. The van der Waals surface area contributed by atoms with E-state index in [1.54, 1.807) is 66.7 Å². The highest BCUT2D eigenvalue weighted by molar-refractivity contribution is 7.92. The van der Waals surface area contributed by atoms with E-state index in [2.05, 4.69) is 5.32 Å². The van der Waals surface area contributed by atoms with Gasteiger partial charge in [0.1, 0.15) is 24.1 Å². The van der Waals surface area contributed by atoms with E-state index in [9.17, 15) is 18.0 Å². The van der Waals surface area contributed by atoms with Crippen LogP contribution in [0, 0.1) is 0 Å². The lowest BCUT2D eigenvalue weighted by atomic mass is 10.1. The highest BCUT2D eigenvalue weighted by Crippen LogP contribution is 2.29. The molecular weight excluding hydrogens is 610 g/mol. The van der Waals surface area contributed by atoms with Crippen molar-refractivity contribution in [2.45, 2.75) is 57.1 Å². The predicted octanol–water partition coefficient (Wildman–Crippen LogP) is 7.05. The second-order valence-corrected chi connectivity index (χ2v) is 12.9. The van der Waals surface area contributed by atoms with Crippen LogP contribution in [0.2, 0.25) is 5.02 Å². The van der Waals surface area contributed by atoms with Crippen molar-refractivity contribution in [3.8, 4) is 11.5 Å². The Kier molecular flexibility index (Phi) is 11.6. The van der Waals surface area contributed by atoms with Crippen LogP contribution in [-0.4, -0.2) is 43.8 Å². The van der Waals surface area contributed by atoms with Gasteiger partial charge < -0.3 is 15.0 Å². The lowest BCUT2D eigenvalue weighted by molar-refractivity contribution is -0.140. The summed E-state index contributed by atoms with van der Waals surface area (Å²) >= 11 is 6.48. The fraction of sp³-hybridized carbons (Fsp3) is 0.257. The molecule has 0 heterocycles. The standard InChI is InChI=1S/C35H38ClN3O5S/c1-4-26(3)37-35(41)33(5-2)38(24-27-14-12-13-19-32(27)36)34(40)25-39(45(42,43)31-17-10-7-11-18-31)28-20-22-30(23-21-28)44-29-15-8-6-9-16-29/h6-23,26,33H,4-5,24-25H2,1-3H3,(H,37,41)/t26-,33-/m1/s1. The van der Waals surface area contributed by atoms with Gasteiger partial charge in [0, 0.05) is 17.6 Å². The monoisotopic (exact) mass is 647 g/mol. The Morgan fingerprint density at radius 1 is 0.800 bits per heavy atom. The fourth-order valence-corrected chi connectivity index (χ4v) is 6.35. The van der Waals surface area contributed by atoms with Crippen molar-refractivity contribution in [1.29, 1.82) is 0 Å². The van der Waals surface area contributed by atoms with E-state index in [0.29, 0.717) is 34.9 Å². The summed E-state index contributed by atoms with van der Waals surface area (Å²) < 4.78 is 35.1. The van der Waals surface area contributed by atoms with E-state index in [1.165, 1.54) is 17.0 Å². The van der Waals surface area contributed by atoms with Gasteiger partial charge in [-0.05, 0) is 79.9 Å². The minimum atomic E-state index is -4.19.